The van der Waals surface area contributed by atoms with E-state index in [0.717, 1.165) is 7.11 Å². The van der Waals surface area contributed by atoms with Crippen LogP contribution in [0.1, 0.15) is 38.3 Å². The molecule has 0 aliphatic heterocycles. The number of ether oxygens (including phenoxy) is 5. The number of fused-ring (bicyclic) bond motifs is 1. The number of rotatable bonds is 7. The van der Waals surface area contributed by atoms with Crippen molar-refractivity contribution in [2.24, 2.45) is 0 Å². The van der Waals surface area contributed by atoms with Crippen LogP contribution in [0.5, 0.6) is 0 Å². The standard InChI is InChI=1S/C24H24O9/c1-13(2)20(25)30-18-12-24(33-23(28)29-7,32-22(27)15(5)6)17-11-9-8-10-16(17)19(18)31-21(26)14(3)4/h8-11H,1,3,5,12H2,2,4,6-7H3. The molecular formula is C24H24O9. The second-order valence-electron chi connectivity index (χ2n) is 7.29. The number of carbonyl (C=O) groups excluding carboxylic acids is 4. The molecule has 0 radical (unpaired) electrons. The molecule has 33 heavy (non-hydrogen) atoms. The SMILES string of the molecule is C=C(C)C(=O)OC1=C(OC(=O)C(=C)C)c2ccccc2C(OC(=O)OC)(OC(=O)C(=C)C)C1. The van der Waals surface area contributed by atoms with E-state index in [-0.39, 0.29) is 39.4 Å². The molecule has 0 amide bonds. The molecule has 174 valence electrons. The quantitative estimate of drug-likeness (QED) is 0.259. The third kappa shape index (κ3) is 5.57. The van der Waals surface area contributed by atoms with Crippen LogP contribution in [0, 0.1) is 0 Å². The maximum atomic E-state index is 12.5. The molecule has 0 N–H and O–H groups in total. The third-order valence-electron chi connectivity index (χ3n) is 4.36. The van der Waals surface area contributed by atoms with E-state index < -0.39 is 36.3 Å². The van der Waals surface area contributed by atoms with Gasteiger partial charge in [-0.2, -0.15) is 0 Å². The Labute approximate surface area is 190 Å². The summed E-state index contributed by atoms with van der Waals surface area (Å²) in [5.41, 5.74) is 0.461. The Morgan fingerprint density at radius 2 is 1.36 bits per heavy atom. The highest BCUT2D eigenvalue weighted by Gasteiger charge is 2.50. The summed E-state index contributed by atoms with van der Waals surface area (Å²) in [6.45, 7) is 14.9. The van der Waals surface area contributed by atoms with Crippen LogP contribution in [0.4, 0.5) is 4.79 Å². The average Bonchev–Trinajstić information content (AvgIpc) is 2.75. The fourth-order valence-corrected chi connectivity index (χ4v) is 2.74. The van der Waals surface area contributed by atoms with E-state index >= 15 is 0 Å². The van der Waals surface area contributed by atoms with Crippen molar-refractivity contribution in [1.82, 2.24) is 0 Å². The van der Waals surface area contributed by atoms with Crippen LogP contribution in [0.15, 0.2) is 66.5 Å². The van der Waals surface area contributed by atoms with Crippen molar-refractivity contribution in [1.29, 1.82) is 0 Å². The van der Waals surface area contributed by atoms with Gasteiger partial charge in [0.1, 0.15) is 0 Å². The fourth-order valence-electron chi connectivity index (χ4n) is 2.74. The van der Waals surface area contributed by atoms with E-state index in [1.165, 1.54) is 32.9 Å². The lowest BCUT2D eigenvalue weighted by Gasteiger charge is -2.37. The van der Waals surface area contributed by atoms with Gasteiger partial charge in [0.05, 0.1) is 13.5 Å². The predicted octanol–water partition coefficient (Wildman–Crippen LogP) is 4.05. The molecule has 1 aliphatic carbocycles. The van der Waals surface area contributed by atoms with E-state index in [1.54, 1.807) is 12.1 Å². The van der Waals surface area contributed by atoms with Crippen molar-refractivity contribution in [3.8, 4) is 0 Å². The summed E-state index contributed by atoms with van der Waals surface area (Å²) in [7, 11) is 1.07. The van der Waals surface area contributed by atoms with Gasteiger partial charge in [-0.3, -0.25) is 0 Å². The zero-order chi connectivity index (χ0) is 24.9. The minimum atomic E-state index is -2.12. The van der Waals surface area contributed by atoms with Gasteiger partial charge in [-0.15, -0.1) is 0 Å². The predicted molar refractivity (Wildman–Crippen MR) is 116 cm³/mol. The normalized spacial score (nSPS) is 16.6. The molecule has 1 unspecified atom stereocenters. The summed E-state index contributed by atoms with van der Waals surface area (Å²) in [5.74, 6) is -5.01. The molecule has 0 saturated heterocycles. The molecule has 0 spiro atoms. The maximum absolute atomic E-state index is 12.5. The van der Waals surface area contributed by atoms with Gasteiger partial charge in [-0.25, -0.2) is 19.2 Å². The van der Waals surface area contributed by atoms with Gasteiger partial charge in [0.25, 0.3) is 5.79 Å². The Hall–Kier alpha value is -4.14. The Morgan fingerprint density at radius 3 is 1.91 bits per heavy atom. The maximum Gasteiger partial charge on any atom is 0.511 e. The van der Waals surface area contributed by atoms with Crippen molar-refractivity contribution in [2.45, 2.75) is 33.0 Å². The number of carbonyl (C=O) groups is 4. The number of hydrogen-bond donors (Lipinski definition) is 0. The van der Waals surface area contributed by atoms with E-state index in [1.807, 2.05) is 0 Å². The van der Waals surface area contributed by atoms with E-state index in [4.69, 9.17) is 18.9 Å². The molecule has 0 saturated carbocycles. The highest BCUT2D eigenvalue weighted by molar-refractivity contribution is 5.93. The molecule has 0 aromatic heterocycles. The lowest BCUT2D eigenvalue weighted by Crippen LogP contribution is -2.41. The smallest absolute Gasteiger partial charge is 0.438 e. The van der Waals surface area contributed by atoms with E-state index in [9.17, 15) is 19.2 Å². The lowest BCUT2D eigenvalue weighted by atomic mass is 9.88. The molecule has 2 rings (SSSR count). The van der Waals surface area contributed by atoms with E-state index in [2.05, 4.69) is 24.5 Å². The van der Waals surface area contributed by atoms with Gasteiger partial charge in [-0.05, 0) is 20.8 Å². The Morgan fingerprint density at radius 1 is 0.818 bits per heavy atom. The zero-order valence-electron chi connectivity index (χ0n) is 18.8. The monoisotopic (exact) mass is 456 g/mol. The van der Waals surface area contributed by atoms with Crippen molar-refractivity contribution in [2.75, 3.05) is 7.11 Å². The summed E-state index contributed by atoms with van der Waals surface area (Å²) >= 11 is 0. The van der Waals surface area contributed by atoms with Gasteiger partial charge in [0.15, 0.2) is 11.5 Å². The first-order chi connectivity index (χ1) is 15.4. The minimum absolute atomic E-state index is 0.0179. The van der Waals surface area contributed by atoms with Gasteiger partial charge >= 0.3 is 24.1 Å². The molecule has 1 atom stereocenters. The summed E-state index contributed by atoms with van der Waals surface area (Å²) < 4.78 is 26.4. The van der Waals surface area contributed by atoms with Crippen LogP contribution < -0.4 is 0 Å². The van der Waals surface area contributed by atoms with Crippen LogP contribution in [-0.4, -0.2) is 31.2 Å². The average molecular weight is 456 g/mol. The largest absolute Gasteiger partial charge is 0.511 e. The second kappa shape index (κ2) is 9.99. The minimum Gasteiger partial charge on any atom is -0.438 e. The van der Waals surface area contributed by atoms with Gasteiger partial charge in [0, 0.05) is 27.8 Å². The second-order valence-corrected chi connectivity index (χ2v) is 7.29. The van der Waals surface area contributed by atoms with Crippen LogP contribution >= 0.6 is 0 Å². The van der Waals surface area contributed by atoms with Crippen molar-refractivity contribution in [3.63, 3.8) is 0 Å². The van der Waals surface area contributed by atoms with Gasteiger partial charge in [-0.1, -0.05) is 44.0 Å². The number of esters is 3. The van der Waals surface area contributed by atoms with Crippen molar-refractivity contribution < 1.29 is 42.9 Å². The first-order valence-electron chi connectivity index (χ1n) is 9.66. The highest BCUT2D eigenvalue weighted by atomic mass is 16.8. The van der Waals surface area contributed by atoms with Crippen LogP contribution in [0.2, 0.25) is 0 Å². The molecule has 1 aromatic carbocycles. The molecule has 0 fully saturated rings. The fraction of sp³-hybridized carbons (Fsp3) is 0.250. The highest BCUT2D eigenvalue weighted by Crippen LogP contribution is 2.46. The summed E-state index contributed by atoms with van der Waals surface area (Å²) in [6.07, 6.45) is -1.69. The molecule has 1 aliphatic rings. The van der Waals surface area contributed by atoms with Crippen LogP contribution in [0.25, 0.3) is 5.76 Å². The van der Waals surface area contributed by atoms with Gasteiger partial charge < -0.3 is 23.7 Å². The van der Waals surface area contributed by atoms with Gasteiger partial charge in [0.2, 0.25) is 0 Å². The van der Waals surface area contributed by atoms with E-state index in [0.29, 0.717) is 0 Å². The molecular weight excluding hydrogens is 432 g/mol. The molecule has 0 bridgehead atoms. The number of benzene rings is 1. The van der Waals surface area contributed by atoms with Crippen molar-refractivity contribution >= 4 is 29.8 Å². The topological polar surface area (TPSA) is 114 Å². The number of hydrogen-bond acceptors (Lipinski definition) is 9. The van der Waals surface area contributed by atoms with Crippen LogP contribution in [-0.2, 0) is 43.9 Å². The molecule has 0 heterocycles. The lowest BCUT2D eigenvalue weighted by molar-refractivity contribution is -0.220. The Kier molecular flexibility index (Phi) is 7.60. The Balaban J connectivity index is 2.79. The zero-order valence-corrected chi connectivity index (χ0v) is 18.8. The third-order valence-corrected chi connectivity index (χ3v) is 4.36. The first-order valence-corrected chi connectivity index (χ1v) is 9.66. The molecule has 9 nitrogen and oxygen atoms in total. The van der Waals surface area contributed by atoms with Crippen molar-refractivity contribution in [3.05, 3.63) is 77.6 Å². The first kappa shape index (κ1) is 25.1. The molecule has 1 aromatic rings. The molecule has 9 heteroatoms. The number of methoxy groups -OCH3 is 1. The Bertz CT molecular complexity index is 1090. The summed E-state index contributed by atoms with van der Waals surface area (Å²) in [4.78, 5) is 49.3. The summed E-state index contributed by atoms with van der Waals surface area (Å²) in [5, 5.41) is 0. The van der Waals surface area contributed by atoms with Crippen LogP contribution in [0.3, 0.4) is 0 Å². The summed E-state index contributed by atoms with van der Waals surface area (Å²) in [6, 6.07) is 6.19.